The highest BCUT2D eigenvalue weighted by atomic mass is 32.2. The van der Waals surface area contributed by atoms with Crippen molar-refractivity contribution in [1.29, 1.82) is 0 Å². The third-order valence-corrected chi connectivity index (χ3v) is 3.56. The molecule has 0 heterocycles. The molecule has 17 heavy (non-hydrogen) atoms. The molecule has 1 rings (SSSR count). The van der Waals surface area contributed by atoms with E-state index in [2.05, 4.69) is 0 Å². The van der Waals surface area contributed by atoms with Gasteiger partial charge in [-0.15, -0.1) is 0 Å². The van der Waals surface area contributed by atoms with Gasteiger partial charge in [0.25, 0.3) is 0 Å². The fourth-order valence-electron chi connectivity index (χ4n) is 1.19. The minimum absolute atomic E-state index is 0.320. The maximum absolute atomic E-state index is 13.5. The van der Waals surface area contributed by atoms with Gasteiger partial charge in [-0.25, -0.2) is 4.39 Å². The first-order valence-corrected chi connectivity index (χ1v) is 6.33. The van der Waals surface area contributed by atoms with Crippen LogP contribution >= 0.6 is 11.8 Å². The maximum atomic E-state index is 13.5. The standard InChI is InChI=1S/C12H15FO3S/c1-8(12(14)15)6-17-7-9-3-4-10(16-2)5-11(9)13/h3-5,8H,6-7H2,1-2H3,(H,14,15). The first-order valence-electron chi connectivity index (χ1n) is 5.17. The molecule has 1 atom stereocenters. The minimum atomic E-state index is -0.826. The summed E-state index contributed by atoms with van der Waals surface area (Å²) in [4.78, 5) is 10.6. The second kappa shape index (κ2) is 6.49. The van der Waals surface area contributed by atoms with E-state index in [9.17, 15) is 9.18 Å². The number of hydrogen-bond acceptors (Lipinski definition) is 3. The molecule has 1 N–H and O–H groups in total. The summed E-state index contributed by atoms with van der Waals surface area (Å²) in [6, 6.07) is 4.68. The molecule has 1 aromatic rings. The molecule has 0 spiro atoms. The average Bonchev–Trinajstić information content (AvgIpc) is 2.30. The second-order valence-electron chi connectivity index (χ2n) is 3.71. The van der Waals surface area contributed by atoms with Crippen molar-refractivity contribution in [2.45, 2.75) is 12.7 Å². The third kappa shape index (κ3) is 4.26. The fourth-order valence-corrected chi connectivity index (χ4v) is 2.26. The molecule has 0 amide bonds. The predicted octanol–water partition coefficient (Wildman–Crippen LogP) is 2.79. The number of ether oxygens (including phenoxy) is 1. The first kappa shape index (κ1) is 13.8. The molecule has 94 valence electrons. The van der Waals surface area contributed by atoms with Crippen molar-refractivity contribution in [3.8, 4) is 5.75 Å². The van der Waals surface area contributed by atoms with Gasteiger partial charge in [-0.05, 0) is 11.6 Å². The van der Waals surface area contributed by atoms with E-state index in [1.54, 1.807) is 19.1 Å². The minimum Gasteiger partial charge on any atom is -0.497 e. The number of benzene rings is 1. The summed E-state index contributed by atoms with van der Waals surface area (Å²) in [7, 11) is 1.48. The Morgan fingerprint density at radius 3 is 2.82 bits per heavy atom. The van der Waals surface area contributed by atoms with Gasteiger partial charge >= 0.3 is 5.97 Å². The zero-order valence-corrected chi connectivity index (χ0v) is 10.6. The number of carboxylic acids is 1. The van der Waals surface area contributed by atoms with Crippen LogP contribution in [0.1, 0.15) is 12.5 Å². The van der Waals surface area contributed by atoms with E-state index in [-0.39, 0.29) is 5.82 Å². The summed E-state index contributed by atoms with van der Waals surface area (Å²) >= 11 is 1.41. The van der Waals surface area contributed by atoms with Crippen LogP contribution in [0.15, 0.2) is 18.2 Å². The molecule has 0 aromatic heterocycles. The zero-order chi connectivity index (χ0) is 12.8. The van der Waals surface area contributed by atoms with E-state index in [0.717, 1.165) is 0 Å². The molecular weight excluding hydrogens is 243 g/mol. The van der Waals surface area contributed by atoms with Gasteiger partial charge in [0, 0.05) is 17.6 Å². The number of carboxylic acid groups (broad SMARTS) is 1. The molecule has 0 saturated heterocycles. The number of methoxy groups -OCH3 is 1. The monoisotopic (exact) mass is 258 g/mol. The number of rotatable bonds is 6. The SMILES string of the molecule is COc1ccc(CSCC(C)C(=O)O)c(F)c1. The van der Waals surface area contributed by atoms with Crippen molar-refractivity contribution in [3.63, 3.8) is 0 Å². The highest BCUT2D eigenvalue weighted by Gasteiger charge is 2.11. The predicted molar refractivity (Wildman–Crippen MR) is 65.9 cm³/mol. The Labute approximate surface area is 104 Å². The Morgan fingerprint density at radius 2 is 2.29 bits per heavy atom. The van der Waals surface area contributed by atoms with Crippen LogP contribution in [-0.4, -0.2) is 23.9 Å². The number of hydrogen-bond donors (Lipinski definition) is 1. The van der Waals surface area contributed by atoms with Crippen molar-refractivity contribution in [1.82, 2.24) is 0 Å². The van der Waals surface area contributed by atoms with Crippen LogP contribution in [0.25, 0.3) is 0 Å². The van der Waals surface area contributed by atoms with Gasteiger partial charge in [-0.2, -0.15) is 11.8 Å². The number of aliphatic carboxylic acids is 1. The van der Waals surface area contributed by atoms with E-state index < -0.39 is 11.9 Å². The van der Waals surface area contributed by atoms with Crippen LogP contribution < -0.4 is 4.74 Å². The zero-order valence-electron chi connectivity index (χ0n) is 9.77. The Kier molecular flexibility index (Phi) is 5.28. The van der Waals surface area contributed by atoms with Gasteiger partial charge in [0.05, 0.1) is 13.0 Å². The fraction of sp³-hybridized carbons (Fsp3) is 0.417. The lowest BCUT2D eigenvalue weighted by Gasteiger charge is -2.07. The van der Waals surface area contributed by atoms with Gasteiger partial charge in [0.15, 0.2) is 0 Å². The van der Waals surface area contributed by atoms with Gasteiger partial charge in [0.2, 0.25) is 0 Å². The van der Waals surface area contributed by atoms with Gasteiger partial charge in [-0.1, -0.05) is 13.0 Å². The molecule has 5 heteroatoms. The summed E-state index contributed by atoms with van der Waals surface area (Å²) in [6.07, 6.45) is 0. The van der Waals surface area contributed by atoms with Crippen LogP contribution in [-0.2, 0) is 10.5 Å². The van der Waals surface area contributed by atoms with E-state index >= 15 is 0 Å². The maximum Gasteiger partial charge on any atom is 0.307 e. The second-order valence-corrected chi connectivity index (χ2v) is 4.74. The van der Waals surface area contributed by atoms with E-state index in [1.807, 2.05) is 0 Å². The van der Waals surface area contributed by atoms with Crippen LogP contribution in [0.3, 0.4) is 0 Å². The topological polar surface area (TPSA) is 46.5 Å². The molecule has 0 aliphatic rings. The lowest BCUT2D eigenvalue weighted by molar-refractivity contribution is -0.140. The van der Waals surface area contributed by atoms with Crippen LogP contribution in [0.2, 0.25) is 0 Å². The summed E-state index contributed by atoms with van der Waals surface area (Å²) in [5.74, 6) is -0.141. The Hall–Kier alpha value is -1.23. The Balaban J connectivity index is 2.49. The highest BCUT2D eigenvalue weighted by molar-refractivity contribution is 7.98. The molecule has 0 bridgehead atoms. The van der Waals surface area contributed by atoms with Crippen LogP contribution in [0.4, 0.5) is 4.39 Å². The molecular formula is C12H15FO3S. The summed E-state index contributed by atoms with van der Waals surface area (Å²) in [5.41, 5.74) is 0.563. The number of halogens is 1. The molecule has 0 aliphatic carbocycles. The van der Waals surface area contributed by atoms with E-state index in [0.29, 0.717) is 22.8 Å². The van der Waals surface area contributed by atoms with Crippen molar-refractivity contribution in [2.24, 2.45) is 5.92 Å². The van der Waals surface area contributed by atoms with Crippen LogP contribution in [0.5, 0.6) is 5.75 Å². The summed E-state index contributed by atoms with van der Waals surface area (Å²) in [6.45, 7) is 1.64. The molecule has 0 saturated carbocycles. The van der Waals surface area contributed by atoms with E-state index in [4.69, 9.17) is 9.84 Å². The highest BCUT2D eigenvalue weighted by Crippen LogP contribution is 2.21. The molecule has 3 nitrogen and oxygen atoms in total. The Bertz CT molecular complexity index is 395. The van der Waals surface area contributed by atoms with Crippen molar-refractivity contribution < 1.29 is 19.0 Å². The van der Waals surface area contributed by atoms with Gasteiger partial charge in [0.1, 0.15) is 11.6 Å². The van der Waals surface area contributed by atoms with Crippen molar-refractivity contribution in [3.05, 3.63) is 29.6 Å². The van der Waals surface area contributed by atoms with Crippen molar-refractivity contribution in [2.75, 3.05) is 12.9 Å². The number of carbonyl (C=O) groups is 1. The van der Waals surface area contributed by atoms with Crippen LogP contribution in [0, 0.1) is 11.7 Å². The van der Waals surface area contributed by atoms with Gasteiger partial charge in [-0.3, -0.25) is 4.79 Å². The molecule has 0 aliphatic heterocycles. The molecule has 1 aromatic carbocycles. The lowest BCUT2D eigenvalue weighted by Crippen LogP contribution is -2.11. The summed E-state index contributed by atoms with van der Waals surface area (Å²) in [5, 5.41) is 8.70. The molecule has 0 radical (unpaired) electrons. The first-order chi connectivity index (χ1) is 8.04. The largest absolute Gasteiger partial charge is 0.497 e. The smallest absolute Gasteiger partial charge is 0.307 e. The molecule has 1 unspecified atom stereocenters. The normalized spacial score (nSPS) is 12.2. The lowest BCUT2D eigenvalue weighted by atomic mass is 10.2. The average molecular weight is 258 g/mol. The Morgan fingerprint density at radius 1 is 1.59 bits per heavy atom. The van der Waals surface area contributed by atoms with Gasteiger partial charge < -0.3 is 9.84 Å². The van der Waals surface area contributed by atoms with Crippen molar-refractivity contribution >= 4 is 17.7 Å². The number of thioether (sulfide) groups is 1. The quantitative estimate of drug-likeness (QED) is 0.852. The molecule has 0 fully saturated rings. The third-order valence-electron chi connectivity index (χ3n) is 2.31. The summed E-state index contributed by atoms with van der Waals surface area (Å²) < 4.78 is 18.4. The van der Waals surface area contributed by atoms with E-state index in [1.165, 1.54) is 24.9 Å².